The maximum atomic E-state index is 13.4. The van der Waals surface area contributed by atoms with Gasteiger partial charge in [-0.2, -0.15) is 13.2 Å². The van der Waals surface area contributed by atoms with Crippen LogP contribution in [0.15, 0.2) is 18.2 Å². The van der Waals surface area contributed by atoms with Crippen LogP contribution >= 0.6 is 12.4 Å². The maximum absolute atomic E-state index is 13.4. The van der Waals surface area contributed by atoms with Crippen LogP contribution in [-0.4, -0.2) is 44.6 Å². The molecule has 1 fully saturated rings. The molecule has 0 amide bonds. The fourth-order valence-corrected chi connectivity index (χ4v) is 2.83. The molecule has 1 atom stereocenters. The van der Waals surface area contributed by atoms with Crippen molar-refractivity contribution in [1.82, 2.24) is 10.2 Å². The number of alkyl halides is 5. The molecule has 9 heteroatoms. The molecule has 1 heterocycles. The monoisotopic (exact) mass is 374 g/mol. The van der Waals surface area contributed by atoms with E-state index < -0.39 is 30.6 Å². The van der Waals surface area contributed by atoms with Gasteiger partial charge in [-0.15, -0.1) is 12.4 Å². The topological polar surface area (TPSA) is 24.5 Å². The van der Waals surface area contributed by atoms with Gasteiger partial charge < -0.3 is 10.1 Å². The van der Waals surface area contributed by atoms with E-state index in [0.29, 0.717) is 26.2 Å². The van der Waals surface area contributed by atoms with Crippen LogP contribution in [0.1, 0.15) is 23.6 Å². The van der Waals surface area contributed by atoms with Crippen molar-refractivity contribution >= 4 is 12.4 Å². The molecule has 0 spiro atoms. The molecule has 24 heavy (non-hydrogen) atoms. The predicted octanol–water partition coefficient (Wildman–Crippen LogP) is 3.74. The van der Waals surface area contributed by atoms with Crippen molar-refractivity contribution < 1.29 is 26.7 Å². The predicted molar refractivity (Wildman–Crippen MR) is 83.0 cm³/mol. The minimum atomic E-state index is -4.63. The second-order valence-corrected chi connectivity index (χ2v) is 5.38. The van der Waals surface area contributed by atoms with E-state index in [9.17, 15) is 22.0 Å². The highest BCUT2D eigenvalue weighted by Gasteiger charge is 2.38. The second-order valence-electron chi connectivity index (χ2n) is 5.38. The van der Waals surface area contributed by atoms with Gasteiger partial charge in [0.1, 0.15) is 5.75 Å². The Morgan fingerprint density at radius 3 is 2.33 bits per heavy atom. The van der Waals surface area contributed by atoms with Crippen LogP contribution in [0.2, 0.25) is 0 Å². The molecule has 1 N–H and O–H groups in total. The molecule has 0 aliphatic carbocycles. The SMILES string of the molecule is COc1ccc([C@@H](CC(F)F)N2CCNCC2)c(C(F)(F)F)c1.Cl. The first-order valence-electron chi connectivity index (χ1n) is 7.31. The summed E-state index contributed by atoms with van der Waals surface area (Å²) in [5, 5.41) is 3.07. The molecule has 0 saturated carbocycles. The Balaban J connectivity index is 0.00000288. The number of nitrogens with zero attached hydrogens (tertiary/aromatic N) is 1. The molecule has 1 aliphatic heterocycles. The lowest BCUT2D eigenvalue weighted by molar-refractivity contribution is -0.139. The highest BCUT2D eigenvalue weighted by molar-refractivity contribution is 5.85. The van der Waals surface area contributed by atoms with Gasteiger partial charge in [-0.05, 0) is 17.7 Å². The molecule has 0 bridgehead atoms. The molecule has 138 valence electrons. The molecule has 0 unspecified atom stereocenters. The van der Waals surface area contributed by atoms with Crippen molar-refractivity contribution in [2.75, 3.05) is 33.3 Å². The Morgan fingerprint density at radius 1 is 1.21 bits per heavy atom. The second kappa shape index (κ2) is 8.82. The third kappa shape index (κ3) is 5.19. The van der Waals surface area contributed by atoms with E-state index in [0.717, 1.165) is 6.07 Å². The van der Waals surface area contributed by atoms with Crippen molar-refractivity contribution in [2.45, 2.75) is 25.1 Å². The van der Waals surface area contributed by atoms with Gasteiger partial charge in [0.05, 0.1) is 12.7 Å². The molecular weight excluding hydrogens is 355 g/mol. The van der Waals surface area contributed by atoms with Gasteiger partial charge in [-0.3, -0.25) is 4.90 Å². The summed E-state index contributed by atoms with van der Waals surface area (Å²) in [6, 6.07) is 2.53. The van der Waals surface area contributed by atoms with Gasteiger partial charge in [0.25, 0.3) is 0 Å². The number of nitrogens with one attached hydrogen (secondary N) is 1. The summed E-state index contributed by atoms with van der Waals surface area (Å²) in [5.74, 6) is 0.0529. The van der Waals surface area contributed by atoms with Gasteiger partial charge in [-0.25, -0.2) is 8.78 Å². The highest BCUT2D eigenvalue weighted by atomic mass is 35.5. The van der Waals surface area contributed by atoms with Crippen molar-refractivity contribution in [3.05, 3.63) is 29.3 Å². The average Bonchev–Trinajstić information content (AvgIpc) is 2.52. The first kappa shape index (κ1) is 20.9. The summed E-state index contributed by atoms with van der Waals surface area (Å²) in [5.41, 5.74) is -1.04. The lowest BCUT2D eigenvalue weighted by Crippen LogP contribution is -2.45. The quantitative estimate of drug-likeness (QED) is 0.795. The molecule has 2 rings (SSSR count). The Labute approximate surface area is 143 Å². The van der Waals surface area contributed by atoms with Gasteiger partial charge in [0.15, 0.2) is 0 Å². The molecular formula is C15H20ClF5N2O. The van der Waals surface area contributed by atoms with E-state index in [4.69, 9.17) is 4.74 Å². The maximum Gasteiger partial charge on any atom is 0.416 e. The largest absolute Gasteiger partial charge is 0.497 e. The molecule has 1 saturated heterocycles. The van der Waals surface area contributed by atoms with Crippen LogP contribution in [0.25, 0.3) is 0 Å². The third-order valence-corrected chi connectivity index (χ3v) is 3.92. The first-order chi connectivity index (χ1) is 10.8. The number of halogens is 6. The van der Waals surface area contributed by atoms with Crippen LogP contribution in [0.4, 0.5) is 22.0 Å². The van der Waals surface area contributed by atoms with Crippen molar-refractivity contribution in [2.24, 2.45) is 0 Å². The third-order valence-electron chi connectivity index (χ3n) is 3.92. The molecule has 0 aromatic heterocycles. The molecule has 1 aromatic rings. The molecule has 3 nitrogen and oxygen atoms in total. The normalized spacial score (nSPS) is 17.5. The Kier molecular flexibility index (Phi) is 7.69. The summed E-state index contributed by atoms with van der Waals surface area (Å²) in [4.78, 5) is 1.68. The van der Waals surface area contributed by atoms with E-state index in [1.165, 1.54) is 19.2 Å². The van der Waals surface area contributed by atoms with E-state index in [-0.39, 0.29) is 23.7 Å². The van der Waals surface area contributed by atoms with Crippen LogP contribution in [-0.2, 0) is 6.18 Å². The van der Waals surface area contributed by atoms with Crippen molar-refractivity contribution in [3.8, 4) is 5.75 Å². The van der Waals surface area contributed by atoms with Crippen LogP contribution in [0.5, 0.6) is 5.75 Å². The number of benzene rings is 1. The standard InChI is InChI=1S/C15H19F5N2O.ClH/c1-23-10-2-3-11(12(8-10)15(18,19)20)13(9-14(16)17)22-6-4-21-5-7-22;/h2-3,8,13-14,21H,4-7,9H2,1H3;1H/t13-;/m1./s1. The zero-order chi connectivity index (χ0) is 17.0. The number of hydrogen-bond donors (Lipinski definition) is 1. The zero-order valence-corrected chi connectivity index (χ0v) is 13.9. The molecule has 1 aliphatic rings. The van der Waals surface area contributed by atoms with E-state index in [2.05, 4.69) is 5.32 Å². The van der Waals surface area contributed by atoms with Crippen LogP contribution in [0.3, 0.4) is 0 Å². The molecule has 0 radical (unpaired) electrons. The highest BCUT2D eigenvalue weighted by Crippen LogP contribution is 2.40. The number of hydrogen-bond acceptors (Lipinski definition) is 3. The van der Waals surface area contributed by atoms with E-state index in [1.807, 2.05) is 0 Å². The number of ether oxygens (including phenoxy) is 1. The number of rotatable bonds is 5. The fourth-order valence-electron chi connectivity index (χ4n) is 2.83. The summed E-state index contributed by atoms with van der Waals surface area (Å²) < 4.78 is 70.8. The number of methoxy groups -OCH3 is 1. The minimum absolute atomic E-state index is 0. The summed E-state index contributed by atoms with van der Waals surface area (Å²) >= 11 is 0. The Bertz CT molecular complexity index is 521. The first-order valence-corrected chi connectivity index (χ1v) is 7.31. The zero-order valence-electron chi connectivity index (χ0n) is 13.1. The lowest BCUT2D eigenvalue weighted by atomic mass is 9.95. The Hall–Kier alpha value is -1.12. The van der Waals surface area contributed by atoms with Crippen LogP contribution < -0.4 is 10.1 Å². The molecule has 1 aromatic carbocycles. The van der Waals surface area contributed by atoms with Crippen molar-refractivity contribution in [3.63, 3.8) is 0 Å². The van der Waals surface area contributed by atoms with Gasteiger partial charge in [-0.1, -0.05) is 6.07 Å². The van der Waals surface area contributed by atoms with E-state index in [1.54, 1.807) is 4.90 Å². The average molecular weight is 375 g/mol. The summed E-state index contributed by atoms with van der Waals surface area (Å²) in [7, 11) is 1.27. The van der Waals surface area contributed by atoms with Gasteiger partial charge in [0.2, 0.25) is 6.43 Å². The van der Waals surface area contributed by atoms with Gasteiger partial charge in [0, 0.05) is 38.6 Å². The fraction of sp³-hybridized carbons (Fsp3) is 0.600. The minimum Gasteiger partial charge on any atom is -0.497 e. The van der Waals surface area contributed by atoms with Crippen LogP contribution in [0, 0.1) is 0 Å². The summed E-state index contributed by atoms with van der Waals surface area (Å²) in [6.07, 6.45) is -7.94. The Morgan fingerprint density at radius 2 is 1.83 bits per heavy atom. The summed E-state index contributed by atoms with van der Waals surface area (Å²) in [6.45, 7) is 2.00. The smallest absolute Gasteiger partial charge is 0.416 e. The number of piperazine rings is 1. The lowest BCUT2D eigenvalue weighted by Gasteiger charge is -2.36. The van der Waals surface area contributed by atoms with Gasteiger partial charge >= 0.3 is 6.18 Å². The van der Waals surface area contributed by atoms with Crippen molar-refractivity contribution in [1.29, 1.82) is 0 Å². The van der Waals surface area contributed by atoms with E-state index >= 15 is 0 Å².